The average molecular weight is 360 g/mol. The predicted molar refractivity (Wildman–Crippen MR) is 95.4 cm³/mol. The van der Waals surface area contributed by atoms with E-state index in [9.17, 15) is 14.9 Å². The summed E-state index contributed by atoms with van der Waals surface area (Å²) in [5, 5.41) is 14.1. The van der Waals surface area contributed by atoms with Gasteiger partial charge in [-0.05, 0) is 51.0 Å². The van der Waals surface area contributed by atoms with Crippen LogP contribution in [0.15, 0.2) is 5.38 Å². The number of carbonyl (C=O) groups is 2. The second-order valence-electron chi connectivity index (χ2n) is 7.05. The van der Waals surface area contributed by atoms with Crippen LogP contribution in [0.2, 0.25) is 0 Å². The van der Waals surface area contributed by atoms with E-state index < -0.39 is 17.6 Å². The van der Waals surface area contributed by atoms with Crippen LogP contribution < -0.4 is 5.32 Å². The number of nitrogens with zero attached hydrogens (tertiary/aromatic N) is 1. The van der Waals surface area contributed by atoms with E-state index >= 15 is 0 Å². The Morgan fingerprint density at radius 2 is 1.96 bits per heavy atom. The van der Waals surface area contributed by atoms with E-state index in [2.05, 4.69) is 11.4 Å². The maximum atomic E-state index is 12.5. The molecule has 0 unspecified atom stereocenters. The highest BCUT2D eigenvalue weighted by Crippen LogP contribution is 2.31. The van der Waals surface area contributed by atoms with Gasteiger partial charge in [0, 0.05) is 10.3 Å². The number of ether oxygens (including phenoxy) is 1. The van der Waals surface area contributed by atoms with Crippen molar-refractivity contribution in [3.63, 3.8) is 0 Å². The minimum Gasteiger partial charge on any atom is -0.449 e. The molecular formula is C19H24N2O3S. The summed E-state index contributed by atoms with van der Waals surface area (Å²) < 4.78 is 5.40. The van der Waals surface area contributed by atoms with Crippen LogP contribution in [0.25, 0.3) is 0 Å². The number of fused-ring (bicyclic) bond motifs is 1. The molecule has 0 saturated heterocycles. The normalized spacial score (nSPS) is 20.0. The molecule has 1 atom stereocenters. The third-order valence-corrected chi connectivity index (χ3v) is 6.31. The van der Waals surface area contributed by atoms with Crippen molar-refractivity contribution in [2.75, 3.05) is 0 Å². The molecule has 6 heteroatoms. The Balaban J connectivity index is 1.62. The van der Waals surface area contributed by atoms with E-state index in [1.165, 1.54) is 4.88 Å². The topological polar surface area (TPSA) is 79.2 Å². The molecule has 1 heterocycles. The maximum Gasteiger partial charge on any atom is 0.340 e. The van der Waals surface area contributed by atoms with Crippen LogP contribution in [-0.2, 0) is 22.4 Å². The molecular weight excluding hydrogens is 336 g/mol. The van der Waals surface area contributed by atoms with E-state index in [4.69, 9.17) is 4.74 Å². The van der Waals surface area contributed by atoms with Gasteiger partial charge >= 0.3 is 5.97 Å². The first-order chi connectivity index (χ1) is 12.0. The molecule has 0 bridgehead atoms. The van der Waals surface area contributed by atoms with Crippen molar-refractivity contribution < 1.29 is 14.3 Å². The summed E-state index contributed by atoms with van der Waals surface area (Å²) in [5.74, 6) is -0.822. The van der Waals surface area contributed by atoms with Crippen LogP contribution in [-0.4, -0.2) is 23.5 Å². The molecule has 1 saturated carbocycles. The molecule has 5 nitrogen and oxygen atoms in total. The van der Waals surface area contributed by atoms with Crippen molar-refractivity contribution in [2.24, 2.45) is 0 Å². The lowest BCUT2D eigenvalue weighted by Gasteiger charge is -2.32. The molecule has 0 spiro atoms. The molecule has 0 aromatic carbocycles. The Bertz CT molecular complexity index is 698. The van der Waals surface area contributed by atoms with Gasteiger partial charge in [0.25, 0.3) is 5.91 Å². The number of esters is 1. The first-order valence-corrected chi connectivity index (χ1v) is 9.96. The molecule has 1 amide bonds. The Kier molecular flexibility index (Phi) is 5.43. The molecule has 2 aliphatic carbocycles. The molecule has 3 rings (SSSR count). The number of thiophene rings is 1. The minimum absolute atomic E-state index is 0.388. The van der Waals surface area contributed by atoms with Gasteiger partial charge in [0.05, 0.1) is 11.6 Å². The van der Waals surface area contributed by atoms with Gasteiger partial charge in [-0.1, -0.05) is 19.3 Å². The first-order valence-electron chi connectivity index (χ1n) is 9.08. The lowest BCUT2D eigenvalue weighted by Crippen LogP contribution is -2.52. The van der Waals surface area contributed by atoms with Gasteiger partial charge in [-0.2, -0.15) is 5.26 Å². The van der Waals surface area contributed by atoms with Crippen LogP contribution in [0.5, 0.6) is 0 Å². The Labute approximate surface area is 152 Å². The van der Waals surface area contributed by atoms with Crippen LogP contribution in [0.1, 0.15) is 72.7 Å². The fraction of sp³-hybridized carbons (Fsp3) is 0.632. The van der Waals surface area contributed by atoms with Crippen LogP contribution in [0, 0.1) is 11.3 Å². The zero-order valence-corrected chi connectivity index (χ0v) is 15.4. The summed E-state index contributed by atoms with van der Waals surface area (Å²) in [6, 6.07) is 2.25. The first kappa shape index (κ1) is 17.9. The van der Waals surface area contributed by atoms with Crippen molar-refractivity contribution in [3.8, 4) is 6.07 Å². The van der Waals surface area contributed by atoms with Gasteiger partial charge in [0.2, 0.25) is 0 Å². The molecule has 1 N–H and O–H groups in total. The smallest absolute Gasteiger partial charge is 0.340 e. The van der Waals surface area contributed by atoms with Gasteiger partial charge in [-0.3, -0.25) is 4.79 Å². The largest absolute Gasteiger partial charge is 0.449 e. The summed E-state index contributed by atoms with van der Waals surface area (Å²) >= 11 is 1.60. The summed E-state index contributed by atoms with van der Waals surface area (Å²) in [5.41, 5.74) is 0.888. The molecule has 2 aliphatic rings. The van der Waals surface area contributed by atoms with E-state index in [0.717, 1.165) is 50.5 Å². The number of nitriles is 1. The summed E-state index contributed by atoms with van der Waals surface area (Å²) in [6.07, 6.45) is 7.55. The number of hydrogen-bond acceptors (Lipinski definition) is 5. The lowest BCUT2D eigenvalue weighted by molar-refractivity contribution is -0.130. The highest BCUT2D eigenvalue weighted by molar-refractivity contribution is 7.10. The number of amides is 1. The van der Waals surface area contributed by atoms with E-state index in [1.54, 1.807) is 18.3 Å². The summed E-state index contributed by atoms with van der Waals surface area (Å²) in [7, 11) is 0. The minimum atomic E-state index is -0.904. The van der Waals surface area contributed by atoms with Crippen molar-refractivity contribution in [1.82, 2.24) is 5.32 Å². The Morgan fingerprint density at radius 1 is 1.24 bits per heavy atom. The zero-order valence-electron chi connectivity index (χ0n) is 14.6. The molecule has 1 aromatic rings. The van der Waals surface area contributed by atoms with Gasteiger partial charge in [0.1, 0.15) is 5.54 Å². The number of aryl methyl sites for hydroxylation is 1. The van der Waals surface area contributed by atoms with Crippen LogP contribution >= 0.6 is 11.3 Å². The summed E-state index contributed by atoms with van der Waals surface area (Å²) in [6.45, 7) is 1.57. The van der Waals surface area contributed by atoms with Crippen molar-refractivity contribution in [1.29, 1.82) is 5.26 Å². The SMILES string of the molecule is C[C@@H](OC(=O)c1csc2c1CCCC2)C(=O)NC1(C#N)CCCCC1. The predicted octanol–water partition coefficient (Wildman–Crippen LogP) is 3.51. The van der Waals surface area contributed by atoms with E-state index in [0.29, 0.717) is 18.4 Å². The quantitative estimate of drug-likeness (QED) is 0.833. The second kappa shape index (κ2) is 7.57. The second-order valence-corrected chi connectivity index (χ2v) is 8.01. The lowest BCUT2D eigenvalue weighted by atomic mass is 9.83. The monoisotopic (exact) mass is 360 g/mol. The average Bonchev–Trinajstić information content (AvgIpc) is 3.06. The summed E-state index contributed by atoms with van der Waals surface area (Å²) in [4.78, 5) is 26.2. The van der Waals surface area contributed by atoms with Gasteiger partial charge in [-0.25, -0.2) is 4.79 Å². The standard InChI is InChI=1S/C19H24N2O3S/c1-13(17(22)21-19(12-20)9-5-2-6-10-19)24-18(23)15-11-25-16-8-4-3-7-14(15)16/h11,13H,2-10H2,1H3,(H,21,22)/t13-/m1/s1. The van der Waals surface area contributed by atoms with Crippen molar-refractivity contribution >= 4 is 23.2 Å². The van der Waals surface area contributed by atoms with E-state index in [-0.39, 0.29) is 5.91 Å². The number of carbonyl (C=O) groups excluding carboxylic acids is 2. The fourth-order valence-electron chi connectivity index (χ4n) is 3.70. The number of hydrogen-bond donors (Lipinski definition) is 1. The molecule has 0 radical (unpaired) electrons. The Hall–Kier alpha value is -1.87. The maximum absolute atomic E-state index is 12.5. The molecule has 0 aliphatic heterocycles. The number of nitrogens with one attached hydrogen (secondary N) is 1. The van der Waals surface area contributed by atoms with Crippen LogP contribution in [0.3, 0.4) is 0 Å². The van der Waals surface area contributed by atoms with Gasteiger partial charge < -0.3 is 10.1 Å². The van der Waals surface area contributed by atoms with Gasteiger partial charge in [0.15, 0.2) is 6.10 Å². The molecule has 1 fully saturated rings. The molecule has 1 aromatic heterocycles. The molecule has 25 heavy (non-hydrogen) atoms. The highest BCUT2D eigenvalue weighted by atomic mass is 32.1. The van der Waals surface area contributed by atoms with E-state index in [1.807, 2.05) is 5.38 Å². The highest BCUT2D eigenvalue weighted by Gasteiger charge is 2.35. The van der Waals surface area contributed by atoms with Crippen LogP contribution in [0.4, 0.5) is 0 Å². The van der Waals surface area contributed by atoms with Gasteiger partial charge in [-0.15, -0.1) is 11.3 Å². The van der Waals surface area contributed by atoms with Crippen molar-refractivity contribution in [2.45, 2.75) is 76.4 Å². The fourth-order valence-corrected chi connectivity index (χ4v) is 4.82. The number of rotatable bonds is 4. The van der Waals surface area contributed by atoms with Crippen molar-refractivity contribution in [3.05, 3.63) is 21.4 Å². The molecule has 134 valence electrons. The zero-order chi connectivity index (χ0) is 17.9. The third kappa shape index (κ3) is 3.87. The Morgan fingerprint density at radius 3 is 2.68 bits per heavy atom. The third-order valence-electron chi connectivity index (χ3n) is 5.22.